The molecule has 0 bridgehead atoms. The third kappa shape index (κ3) is 2.44. The average molecular weight is 291 g/mol. The van der Waals surface area contributed by atoms with Crippen molar-refractivity contribution in [2.75, 3.05) is 7.11 Å². The lowest BCUT2D eigenvalue weighted by atomic mass is 9.89. The molecule has 1 fully saturated rings. The molecule has 106 valence electrons. The normalized spacial score (nSPS) is 21.9. The summed E-state index contributed by atoms with van der Waals surface area (Å²) in [5, 5.41) is 13.8. The first-order chi connectivity index (χ1) is 9.69. The largest absolute Gasteiger partial charge is 0.477 e. The molecule has 2 aromatic rings. The number of benzene rings is 1. The monoisotopic (exact) mass is 291 g/mol. The summed E-state index contributed by atoms with van der Waals surface area (Å²) in [4.78, 5) is 11.8. The molecule has 1 aromatic carbocycles. The van der Waals surface area contributed by atoms with Gasteiger partial charge in [0.05, 0.1) is 6.10 Å². The van der Waals surface area contributed by atoms with Gasteiger partial charge in [-0.2, -0.15) is 0 Å². The van der Waals surface area contributed by atoms with Crippen LogP contribution in [0, 0.1) is 0 Å². The Bertz CT molecular complexity index is 631. The maximum atomic E-state index is 11.4. The number of hydrogen-bond donors (Lipinski definition) is 2. The molecule has 0 unspecified atom stereocenters. The molecule has 0 spiro atoms. The average Bonchev–Trinajstić information content (AvgIpc) is 2.76. The van der Waals surface area contributed by atoms with E-state index in [4.69, 9.17) is 4.74 Å². The van der Waals surface area contributed by atoms with Gasteiger partial charge in [0.1, 0.15) is 4.88 Å². The quantitative estimate of drug-likeness (QED) is 0.889. The maximum Gasteiger partial charge on any atom is 0.346 e. The van der Waals surface area contributed by atoms with Crippen LogP contribution in [0.3, 0.4) is 0 Å². The van der Waals surface area contributed by atoms with Crippen LogP contribution in [-0.2, 0) is 11.3 Å². The molecule has 1 aromatic heterocycles. The Hall–Kier alpha value is -1.43. The van der Waals surface area contributed by atoms with E-state index < -0.39 is 5.97 Å². The molecule has 1 aliphatic rings. The Kier molecular flexibility index (Phi) is 3.74. The zero-order valence-corrected chi connectivity index (χ0v) is 12.1. The molecule has 0 atom stereocenters. The number of carboxylic acid groups (broad SMARTS) is 1. The number of methoxy groups -OCH3 is 1. The minimum absolute atomic E-state index is 0.352. The second kappa shape index (κ2) is 5.52. The van der Waals surface area contributed by atoms with E-state index in [1.54, 1.807) is 7.11 Å². The minimum atomic E-state index is -0.841. The third-order valence-corrected chi connectivity index (χ3v) is 5.09. The molecule has 20 heavy (non-hydrogen) atoms. The topological polar surface area (TPSA) is 58.6 Å². The van der Waals surface area contributed by atoms with Crippen LogP contribution in [0.2, 0.25) is 0 Å². The van der Waals surface area contributed by atoms with Crippen LogP contribution in [0.25, 0.3) is 10.1 Å². The van der Waals surface area contributed by atoms with Gasteiger partial charge < -0.3 is 15.2 Å². The highest BCUT2D eigenvalue weighted by Crippen LogP contribution is 2.32. The van der Waals surface area contributed by atoms with Crippen LogP contribution in [0.1, 0.15) is 28.1 Å². The third-order valence-electron chi connectivity index (χ3n) is 3.89. The number of nitrogens with one attached hydrogen (secondary N) is 1. The van der Waals surface area contributed by atoms with Gasteiger partial charge in [-0.25, -0.2) is 4.79 Å². The van der Waals surface area contributed by atoms with E-state index in [9.17, 15) is 9.90 Å². The van der Waals surface area contributed by atoms with Gasteiger partial charge in [-0.3, -0.25) is 0 Å². The summed E-state index contributed by atoms with van der Waals surface area (Å²) >= 11 is 1.35. The van der Waals surface area contributed by atoms with Crippen molar-refractivity contribution in [2.24, 2.45) is 0 Å². The molecule has 2 N–H and O–H groups in total. The lowest BCUT2D eigenvalue weighted by molar-refractivity contribution is 0.0170. The Morgan fingerprint density at radius 2 is 2.20 bits per heavy atom. The molecule has 0 saturated heterocycles. The van der Waals surface area contributed by atoms with Crippen molar-refractivity contribution in [3.05, 3.63) is 34.7 Å². The fourth-order valence-corrected chi connectivity index (χ4v) is 3.68. The Balaban J connectivity index is 1.79. The van der Waals surface area contributed by atoms with E-state index in [1.807, 2.05) is 24.3 Å². The van der Waals surface area contributed by atoms with Crippen molar-refractivity contribution in [3.63, 3.8) is 0 Å². The number of ether oxygens (including phenoxy) is 1. The molecule has 0 radical (unpaired) electrons. The summed E-state index contributed by atoms with van der Waals surface area (Å²) in [6.07, 6.45) is 2.35. The molecule has 1 saturated carbocycles. The van der Waals surface area contributed by atoms with Crippen molar-refractivity contribution < 1.29 is 14.6 Å². The molecule has 0 aliphatic heterocycles. The molecule has 1 heterocycles. The van der Waals surface area contributed by atoms with Crippen LogP contribution < -0.4 is 5.32 Å². The van der Waals surface area contributed by atoms with Gasteiger partial charge in [0.15, 0.2) is 0 Å². The van der Waals surface area contributed by atoms with E-state index in [0.717, 1.165) is 28.5 Å². The Labute approximate surface area is 121 Å². The standard InChI is InChI=1S/C15H17NO3S/c1-19-10-6-9(7-10)16-8-12-11-4-2-3-5-13(11)20-14(12)15(17)18/h2-5,9-10,16H,6-8H2,1H3,(H,17,18). The maximum absolute atomic E-state index is 11.4. The van der Waals surface area contributed by atoms with Crippen LogP contribution in [0.15, 0.2) is 24.3 Å². The second-order valence-corrected chi connectivity index (χ2v) is 6.17. The first kappa shape index (κ1) is 13.5. The molecule has 3 rings (SSSR count). The van der Waals surface area contributed by atoms with E-state index >= 15 is 0 Å². The molecule has 0 amide bonds. The highest BCUT2D eigenvalue weighted by atomic mass is 32.1. The van der Waals surface area contributed by atoms with Crippen LogP contribution in [0.4, 0.5) is 0 Å². The molecule has 4 nitrogen and oxygen atoms in total. The number of aromatic carboxylic acids is 1. The van der Waals surface area contributed by atoms with Gasteiger partial charge in [-0.05, 0) is 29.9 Å². The fraction of sp³-hybridized carbons (Fsp3) is 0.400. The lowest BCUT2D eigenvalue weighted by Crippen LogP contribution is -2.44. The highest BCUT2D eigenvalue weighted by Gasteiger charge is 2.29. The fourth-order valence-electron chi connectivity index (χ4n) is 2.62. The number of carboxylic acids is 1. The summed E-state index contributed by atoms with van der Waals surface area (Å²) in [5.41, 5.74) is 0.902. The molecule has 1 aliphatic carbocycles. The van der Waals surface area contributed by atoms with E-state index in [-0.39, 0.29) is 0 Å². The van der Waals surface area contributed by atoms with Crippen LogP contribution in [-0.4, -0.2) is 30.3 Å². The van der Waals surface area contributed by atoms with E-state index in [2.05, 4.69) is 5.32 Å². The summed E-state index contributed by atoms with van der Waals surface area (Å²) in [6.45, 7) is 0.604. The number of thiophene rings is 1. The van der Waals surface area contributed by atoms with Crippen molar-refractivity contribution in [3.8, 4) is 0 Å². The molecule has 5 heteroatoms. The number of hydrogen-bond acceptors (Lipinski definition) is 4. The first-order valence-electron chi connectivity index (χ1n) is 6.69. The lowest BCUT2D eigenvalue weighted by Gasteiger charge is -2.34. The Morgan fingerprint density at radius 3 is 2.90 bits per heavy atom. The zero-order chi connectivity index (χ0) is 14.1. The van der Waals surface area contributed by atoms with Gasteiger partial charge in [0.2, 0.25) is 0 Å². The second-order valence-electron chi connectivity index (χ2n) is 5.12. The van der Waals surface area contributed by atoms with Crippen molar-refractivity contribution in [1.29, 1.82) is 0 Å². The smallest absolute Gasteiger partial charge is 0.346 e. The highest BCUT2D eigenvalue weighted by molar-refractivity contribution is 7.21. The number of fused-ring (bicyclic) bond motifs is 1. The SMILES string of the molecule is COC1CC(NCc2c(C(=O)O)sc3ccccc23)C1. The molecular weight excluding hydrogens is 274 g/mol. The predicted octanol–water partition coefficient (Wildman–Crippen LogP) is 2.87. The van der Waals surface area contributed by atoms with E-state index in [0.29, 0.717) is 23.6 Å². The van der Waals surface area contributed by atoms with Gasteiger partial charge in [0, 0.05) is 24.4 Å². The zero-order valence-electron chi connectivity index (χ0n) is 11.3. The van der Waals surface area contributed by atoms with Gasteiger partial charge in [-0.15, -0.1) is 11.3 Å². The van der Waals surface area contributed by atoms with Gasteiger partial charge >= 0.3 is 5.97 Å². The summed E-state index contributed by atoms with van der Waals surface area (Å²) in [6, 6.07) is 8.29. The predicted molar refractivity (Wildman–Crippen MR) is 79.4 cm³/mol. The van der Waals surface area contributed by atoms with Gasteiger partial charge in [0.25, 0.3) is 0 Å². The van der Waals surface area contributed by atoms with E-state index in [1.165, 1.54) is 11.3 Å². The summed E-state index contributed by atoms with van der Waals surface area (Å²) in [5.74, 6) is -0.841. The summed E-state index contributed by atoms with van der Waals surface area (Å²) < 4.78 is 6.29. The minimum Gasteiger partial charge on any atom is -0.477 e. The van der Waals surface area contributed by atoms with Crippen molar-refractivity contribution in [1.82, 2.24) is 5.32 Å². The number of rotatable bonds is 5. The number of carbonyl (C=O) groups is 1. The Morgan fingerprint density at radius 1 is 1.45 bits per heavy atom. The van der Waals surface area contributed by atoms with Crippen LogP contribution in [0.5, 0.6) is 0 Å². The van der Waals surface area contributed by atoms with Crippen molar-refractivity contribution in [2.45, 2.75) is 31.5 Å². The molecular formula is C15H17NO3S. The summed E-state index contributed by atoms with van der Waals surface area (Å²) in [7, 11) is 1.73. The van der Waals surface area contributed by atoms with Crippen molar-refractivity contribution >= 4 is 27.4 Å². The van der Waals surface area contributed by atoms with Gasteiger partial charge in [-0.1, -0.05) is 18.2 Å². The first-order valence-corrected chi connectivity index (χ1v) is 7.50. The van der Waals surface area contributed by atoms with Crippen LogP contribution >= 0.6 is 11.3 Å².